The molecule has 2 nitrogen and oxygen atoms in total. The maximum Gasteiger partial charge on any atom is 0.316 e. The summed E-state index contributed by atoms with van der Waals surface area (Å²) < 4.78 is 25.7. The van der Waals surface area contributed by atoms with Crippen molar-refractivity contribution in [2.75, 3.05) is 0 Å². The topological polar surface area (TPSA) is 37.3 Å². The summed E-state index contributed by atoms with van der Waals surface area (Å²) in [6, 6.07) is 3.22. The molecule has 0 heterocycles. The lowest BCUT2D eigenvalue weighted by Gasteiger charge is -2.09. The maximum atomic E-state index is 12.8. The Labute approximate surface area is 96.7 Å². The van der Waals surface area contributed by atoms with Crippen LogP contribution in [0.2, 0.25) is 0 Å². The fraction of sp³-hybridized carbons (Fsp3) is 0.364. The molecular weight excluding hydrogens is 234 g/mol. The van der Waals surface area contributed by atoms with Gasteiger partial charge in [-0.1, -0.05) is 6.92 Å². The number of carbonyl (C=O) groups is 1. The van der Waals surface area contributed by atoms with Crippen molar-refractivity contribution in [3.63, 3.8) is 0 Å². The van der Waals surface area contributed by atoms with Crippen molar-refractivity contribution in [2.45, 2.75) is 24.3 Å². The predicted molar refractivity (Wildman–Crippen MR) is 59.4 cm³/mol. The van der Waals surface area contributed by atoms with Crippen LogP contribution in [0.15, 0.2) is 18.2 Å². The summed E-state index contributed by atoms with van der Waals surface area (Å²) in [5.74, 6) is -1.89. The van der Waals surface area contributed by atoms with Crippen LogP contribution in [0.25, 0.3) is 0 Å². The fourth-order valence-electron chi connectivity index (χ4n) is 1.25. The van der Waals surface area contributed by atoms with E-state index in [0.29, 0.717) is 17.7 Å². The molecule has 1 aromatic rings. The molecule has 0 amide bonds. The number of carboxylic acids is 1. The van der Waals surface area contributed by atoms with Crippen molar-refractivity contribution >= 4 is 17.7 Å². The summed E-state index contributed by atoms with van der Waals surface area (Å²) in [7, 11) is 0. The molecule has 1 aromatic carbocycles. The summed E-state index contributed by atoms with van der Waals surface area (Å²) in [5, 5.41) is 8.26. The van der Waals surface area contributed by atoms with Crippen molar-refractivity contribution in [3.8, 4) is 0 Å². The Bertz CT molecular complexity index is 362. The summed E-state index contributed by atoms with van der Waals surface area (Å²) in [5.41, 5.74) is 0.460. The maximum absolute atomic E-state index is 12.8. The van der Waals surface area contributed by atoms with Crippen molar-refractivity contribution in [1.29, 1.82) is 0 Å². The molecule has 16 heavy (non-hydrogen) atoms. The van der Waals surface area contributed by atoms with Gasteiger partial charge < -0.3 is 5.11 Å². The zero-order chi connectivity index (χ0) is 12.1. The Hall–Kier alpha value is -1.10. The van der Waals surface area contributed by atoms with E-state index in [4.69, 9.17) is 5.11 Å². The number of hydrogen-bond donors (Lipinski definition) is 1. The van der Waals surface area contributed by atoms with Gasteiger partial charge in [-0.2, -0.15) is 0 Å². The van der Waals surface area contributed by atoms with Gasteiger partial charge in [0.15, 0.2) is 0 Å². The van der Waals surface area contributed by atoms with Gasteiger partial charge in [-0.15, -0.1) is 11.8 Å². The molecule has 1 atom stereocenters. The molecule has 5 heteroatoms. The van der Waals surface area contributed by atoms with E-state index in [1.54, 1.807) is 6.92 Å². The number of benzene rings is 1. The van der Waals surface area contributed by atoms with Crippen molar-refractivity contribution in [3.05, 3.63) is 35.4 Å². The molecule has 0 aliphatic rings. The van der Waals surface area contributed by atoms with Gasteiger partial charge in [-0.3, -0.25) is 4.79 Å². The molecule has 88 valence electrons. The Balaban J connectivity index is 2.63. The van der Waals surface area contributed by atoms with Gasteiger partial charge in [0.05, 0.1) is 0 Å². The zero-order valence-electron chi connectivity index (χ0n) is 8.74. The highest BCUT2D eigenvalue weighted by atomic mass is 32.2. The second kappa shape index (κ2) is 5.84. The quantitative estimate of drug-likeness (QED) is 0.867. The molecule has 0 aliphatic heterocycles. The van der Waals surface area contributed by atoms with Gasteiger partial charge in [-0.05, 0) is 24.1 Å². The van der Waals surface area contributed by atoms with Crippen molar-refractivity contribution in [2.24, 2.45) is 0 Å². The average molecular weight is 246 g/mol. The molecule has 1 unspecified atom stereocenters. The average Bonchev–Trinajstić information content (AvgIpc) is 2.16. The lowest BCUT2D eigenvalue weighted by Crippen LogP contribution is -2.15. The SMILES string of the molecule is CCC(SCc1cc(F)cc(F)c1)C(=O)O. The van der Waals surface area contributed by atoms with E-state index < -0.39 is 22.9 Å². The third-order valence-electron chi connectivity index (χ3n) is 2.02. The molecule has 0 spiro atoms. The van der Waals surface area contributed by atoms with Gasteiger partial charge in [0.2, 0.25) is 0 Å². The molecule has 0 bridgehead atoms. The predicted octanol–water partition coefficient (Wildman–Crippen LogP) is 3.06. The summed E-state index contributed by atoms with van der Waals surface area (Å²) >= 11 is 1.17. The summed E-state index contributed by atoms with van der Waals surface area (Å²) in [4.78, 5) is 10.7. The van der Waals surface area contributed by atoms with Crippen molar-refractivity contribution < 1.29 is 18.7 Å². The minimum absolute atomic E-state index is 0.291. The minimum Gasteiger partial charge on any atom is -0.480 e. The molecule has 0 saturated heterocycles. The van der Waals surface area contributed by atoms with E-state index in [2.05, 4.69) is 0 Å². The smallest absolute Gasteiger partial charge is 0.316 e. The molecule has 0 fully saturated rings. The van der Waals surface area contributed by atoms with Gasteiger partial charge >= 0.3 is 5.97 Å². The molecular formula is C11H12F2O2S. The minimum atomic E-state index is -0.899. The number of aliphatic carboxylic acids is 1. The Kier molecular flexibility index (Phi) is 4.73. The largest absolute Gasteiger partial charge is 0.480 e. The Morgan fingerprint density at radius 1 is 1.38 bits per heavy atom. The molecule has 1 N–H and O–H groups in total. The molecule has 0 aliphatic carbocycles. The normalized spacial score (nSPS) is 12.4. The second-order valence-corrected chi connectivity index (χ2v) is 4.51. The van der Waals surface area contributed by atoms with Crippen LogP contribution < -0.4 is 0 Å². The number of rotatable bonds is 5. The first-order chi connectivity index (χ1) is 7.52. The number of hydrogen-bond acceptors (Lipinski definition) is 2. The van der Waals surface area contributed by atoms with Crippen LogP contribution in [-0.4, -0.2) is 16.3 Å². The van der Waals surface area contributed by atoms with Crippen LogP contribution in [0.3, 0.4) is 0 Å². The molecule has 1 rings (SSSR count). The first kappa shape index (κ1) is 13.0. The highest BCUT2D eigenvalue weighted by Gasteiger charge is 2.15. The van der Waals surface area contributed by atoms with E-state index in [9.17, 15) is 13.6 Å². The van der Waals surface area contributed by atoms with Crippen LogP contribution in [-0.2, 0) is 10.5 Å². The zero-order valence-corrected chi connectivity index (χ0v) is 9.56. The third-order valence-corrected chi connectivity index (χ3v) is 3.46. The van der Waals surface area contributed by atoms with Crippen LogP contribution in [0, 0.1) is 11.6 Å². The molecule has 0 radical (unpaired) electrons. The van der Waals surface area contributed by atoms with Gasteiger partial charge in [0.25, 0.3) is 0 Å². The third kappa shape index (κ3) is 3.81. The van der Waals surface area contributed by atoms with E-state index >= 15 is 0 Å². The second-order valence-electron chi connectivity index (χ2n) is 3.32. The van der Waals surface area contributed by atoms with E-state index in [0.717, 1.165) is 6.07 Å². The number of halogens is 2. The summed E-state index contributed by atoms with van der Waals surface area (Å²) in [6.07, 6.45) is 0.484. The Morgan fingerprint density at radius 3 is 2.38 bits per heavy atom. The van der Waals surface area contributed by atoms with Gasteiger partial charge in [0.1, 0.15) is 16.9 Å². The van der Waals surface area contributed by atoms with E-state index in [-0.39, 0.29) is 0 Å². The van der Waals surface area contributed by atoms with Crippen LogP contribution in [0.5, 0.6) is 0 Å². The van der Waals surface area contributed by atoms with Crippen LogP contribution >= 0.6 is 11.8 Å². The molecule has 0 saturated carbocycles. The number of thioether (sulfide) groups is 1. The van der Waals surface area contributed by atoms with E-state index in [1.807, 2.05) is 0 Å². The monoisotopic (exact) mass is 246 g/mol. The number of carboxylic acid groups (broad SMARTS) is 1. The highest BCUT2D eigenvalue weighted by molar-refractivity contribution is 7.99. The van der Waals surface area contributed by atoms with Crippen LogP contribution in [0.1, 0.15) is 18.9 Å². The van der Waals surface area contributed by atoms with Gasteiger partial charge in [-0.25, -0.2) is 8.78 Å². The Morgan fingerprint density at radius 2 is 1.94 bits per heavy atom. The summed E-state index contributed by atoms with van der Waals surface area (Å²) in [6.45, 7) is 1.76. The standard InChI is InChI=1S/C11H12F2O2S/c1-2-10(11(14)15)16-6-7-3-8(12)5-9(13)4-7/h3-5,10H,2,6H2,1H3,(H,14,15). The molecule has 0 aromatic heterocycles. The lowest BCUT2D eigenvalue weighted by atomic mass is 10.2. The highest BCUT2D eigenvalue weighted by Crippen LogP contribution is 2.21. The fourth-order valence-corrected chi connectivity index (χ4v) is 2.19. The van der Waals surface area contributed by atoms with Crippen LogP contribution in [0.4, 0.5) is 8.78 Å². The lowest BCUT2D eigenvalue weighted by molar-refractivity contribution is -0.136. The van der Waals surface area contributed by atoms with E-state index in [1.165, 1.54) is 23.9 Å². The first-order valence-electron chi connectivity index (χ1n) is 4.82. The van der Waals surface area contributed by atoms with Crippen molar-refractivity contribution in [1.82, 2.24) is 0 Å². The first-order valence-corrected chi connectivity index (χ1v) is 5.87. The van der Waals surface area contributed by atoms with Gasteiger partial charge in [0, 0.05) is 11.8 Å².